The van der Waals surface area contributed by atoms with E-state index >= 15 is 0 Å². The molecule has 0 aromatic carbocycles. The van der Waals surface area contributed by atoms with Gasteiger partial charge < -0.3 is 9.47 Å². The number of ether oxygens (including phenoxy) is 2. The lowest BCUT2D eigenvalue weighted by Crippen LogP contribution is -2.62. The highest BCUT2D eigenvalue weighted by atomic mass is 16.6. The monoisotopic (exact) mass is 334 g/mol. The Morgan fingerprint density at radius 1 is 1.21 bits per heavy atom. The van der Waals surface area contributed by atoms with Gasteiger partial charge in [-0.2, -0.15) is 0 Å². The second-order valence-electron chi connectivity index (χ2n) is 7.97. The molecule has 4 atom stereocenters. The Kier molecular flexibility index (Phi) is 3.06. The minimum absolute atomic E-state index is 0.0246. The van der Waals surface area contributed by atoms with Crippen LogP contribution >= 0.6 is 0 Å². The summed E-state index contributed by atoms with van der Waals surface area (Å²) in [6.07, 6.45) is 0.313. The van der Waals surface area contributed by atoms with Gasteiger partial charge in [0, 0.05) is 18.5 Å². The Labute approximate surface area is 140 Å². The summed E-state index contributed by atoms with van der Waals surface area (Å²) in [5.41, 5.74) is 0.383. The van der Waals surface area contributed by atoms with Crippen molar-refractivity contribution in [1.29, 1.82) is 0 Å². The molecule has 3 amide bonds. The number of rotatable bonds is 0. The van der Waals surface area contributed by atoms with Crippen LogP contribution in [0.4, 0.5) is 4.79 Å². The van der Waals surface area contributed by atoms with Crippen molar-refractivity contribution < 1.29 is 23.9 Å². The first-order chi connectivity index (χ1) is 11.2. The number of fused-ring (bicyclic) bond motifs is 5. The van der Waals surface area contributed by atoms with Crippen molar-refractivity contribution in [2.45, 2.75) is 38.8 Å². The van der Waals surface area contributed by atoms with E-state index < -0.39 is 29.6 Å². The highest BCUT2D eigenvalue weighted by Gasteiger charge is 2.64. The molecule has 0 spiro atoms. The molecule has 3 saturated heterocycles. The van der Waals surface area contributed by atoms with Crippen LogP contribution in [0.25, 0.3) is 0 Å². The third-order valence-corrected chi connectivity index (χ3v) is 5.39. The molecular formula is C17H22N2O5. The summed E-state index contributed by atoms with van der Waals surface area (Å²) >= 11 is 0. The molecule has 0 aromatic rings. The van der Waals surface area contributed by atoms with Gasteiger partial charge in [-0.1, -0.05) is 0 Å². The molecule has 24 heavy (non-hydrogen) atoms. The quantitative estimate of drug-likeness (QED) is 0.621. The third-order valence-electron chi connectivity index (χ3n) is 5.39. The Bertz CT molecular complexity index is 677. The molecule has 0 unspecified atom stereocenters. The number of allylic oxidation sites excluding steroid dienone is 1. The van der Waals surface area contributed by atoms with Gasteiger partial charge in [-0.3, -0.25) is 19.4 Å². The molecule has 0 bridgehead atoms. The van der Waals surface area contributed by atoms with E-state index in [0.717, 1.165) is 17.8 Å². The largest absolute Gasteiger partial charge is 0.497 e. The SMILES string of the molecule is CN1C(=O)[C@@H]2[C@H](C1=O)[C@@H]1CCOC1=C1CN(C(=O)OC(C)(C)C)[C@@H]12. The van der Waals surface area contributed by atoms with E-state index in [1.807, 2.05) is 20.8 Å². The Balaban J connectivity index is 1.70. The van der Waals surface area contributed by atoms with Gasteiger partial charge in [0.15, 0.2) is 0 Å². The van der Waals surface area contributed by atoms with Gasteiger partial charge in [-0.05, 0) is 27.2 Å². The number of carbonyl (C=O) groups is 3. The van der Waals surface area contributed by atoms with Gasteiger partial charge in [0.05, 0.1) is 31.0 Å². The molecule has 4 aliphatic rings. The number of likely N-dealkylation sites (tertiary alicyclic amines) is 2. The summed E-state index contributed by atoms with van der Waals surface area (Å²) in [5.74, 6) is -0.478. The molecule has 4 rings (SSSR count). The van der Waals surface area contributed by atoms with E-state index in [1.54, 1.807) is 4.90 Å². The van der Waals surface area contributed by atoms with Gasteiger partial charge >= 0.3 is 6.09 Å². The lowest BCUT2D eigenvalue weighted by atomic mass is 9.66. The van der Waals surface area contributed by atoms with Gasteiger partial charge in [0.1, 0.15) is 11.4 Å². The lowest BCUT2D eigenvalue weighted by Gasteiger charge is -2.50. The topological polar surface area (TPSA) is 76.2 Å². The molecule has 0 saturated carbocycles. The molecule has 7 nitrogen and oxygen atoms in total. The van der Waals surface area contributed by atoms with Crippen LogP contribution < -0.4 is 0 Å². The number of carbonyl (C=O) groups excluding carboxylic acids is 3. The summed E-state index contributed by atoms with van der Waals surface area (Å²) in [4.78, 5) is 40.5. The molecule has 7 heteroatoms. The highest BCUT2D eigenvalue weighted by molar-refractivity contribution is 6.06. The van der Waals surface area contributed by atoms with Crippen molar-refractivity contribution in [3.05, 3.63) is 11.3 Å². The van der Waals surface area contributed by atoms with E-state index in [9.17, 15) is 14.4 Å². The molecule has 130 valence electrons. The first-order valence-electron chi connectivity index (χ1n) is 8.37. The Morgan fingerprint density at radius 3 is 2.54 bits per heavy atom. The molecule has 0 N–H and O–H groups in total. The lowest BCUT2D eigenvalue weighted by molar-refractivity contribution is -0.138. The number of imide groups is 1. The average molecular weight is 334 g/mol. The van der Waals surface area contributed by atoms with E-state index in [0.29, 0.717) is 13.2 Å². The van der Waals surface area contributed by atoms with Crippen molar-refractivity contribution >= 4 is 17.9 Å². The minimum Gasteiger partial charge on any atom is -0.497 e. The van der Waals surface area contributed by atoms with Crippen molar-refractivity contribution in [1.82, 2.24) is 9.80 Å². The van der Waals surface area contributed by atoms with Crippen molar-refractivity contribution in [2.75, 3.05) is 20.2 Å². The van der Waals surface area contributed by atoms with Crippen LogP contribution in [0.1, 0.15) is 27.2 Å². The molecular weight excluding hydrogens is 312 g/mol. The number of hydrogen-bond donors (Lipinski definition) is 0. The van der Waals surface area contributed by atoms with Gasteiger partial charge in [-0.25, -0.2) is 4.79 Å². The van der Waals surface area contributed by atoms with E-state index in [2.05, 4.69) is 0 Å². The molecule has 0 aromatic heterocycles. The van der Waals surface area contributed by atoms with Crippen LogP contribution in [-0.4, -0.2) is 59.5 Å². The maximum Gasteiger partial charge on any atom is 0.411 e. The van der Waals surface area contributed by atoms with Crippen LogP contribution in [0, 0.1) is 17.8 Å². The van der Waals surface area contributed by atoms with Gasteiger partial charge in [0.25, 0.3) is 0 Å². The summed E-state index contributed by atoms with van der Waals surface area (Å²) in [6.45, 7) is 6.41. The Morgan fingerprint density at radius 2 is 1.88 bits per heavy atom. The zero-order valence-electron chi connectivity index (χ0n) is 14.4. The summed E-state index contributed by atoms with van der Waals surface area (Å²) < 4.78 is 11.2. The molecule has 0 radical (unpaired) electrons. The van der Waals surface area contributed by atoms with Crippen LogP contribution in [0.15, 0.2) is 11.3 Å². The summed E-state index contributed by atoms with van der Waals surface area (Å²) in [5, 5.41) is 0. The normalized spacial score (nSPS) is 34.5. The van der Waals surface area contributed by atoms with Crippen LogP contribution in [0.3, 0.4) is 0 Å². The van der Waals surface area contributed by atoms with Crippen molar-refractivity contribution in [3.63, 3.8) is 0 Å². The number of amides is 3. The first-order valence-corrected chi connectivity index (χ1v) is 8.37. The smallest absolute Gasteiger partial charge is 0.411 e. The molecule has 1 aliphatic carbocycles. The van der Waals surface area contributed by atoms with Crippen LogP contribution in [-0.2, 0) is 19.1 Å². The van der Waals surface area contributed by atoms with E-state index in [1.165, 1.54) is 11.9 Å². The summed E-state index contributed by atoms with van der Waals surface area (Å²) in [6, 6.07) is -0.407. The van der Waals surface area contributed by atoms with E-state index in [4.69, 9.17) is 9.47 Å². The first kappa shape index (κ1) is 15.5. The predicted molar refractivity (Wildman–Crippen MR) is 82.6 cm³/mol. The van der Waals surface area contributed by atoms with E-state index in [-0.39, 0.29) is 17.7 Å². The predicted octanol–water partition coefficient (Wildman–Crippen LogP) is 1.14. The number of hydrogen-bond acceptors (Lipinski definition) is 5. The maximum atomic E-state index is 12.6. The fourth-order valence-corrected chi connectivity index (χ4v) is 4.41. The van der Waals surface area contributed by atoms with Crippen LogP contribution in [0.5, 0.6) is 0 Å². The second-order valence-corrected chi connectivity index (χ2v) is 7.97. The van der Waals surface area contributed by atoms with Gasteiger partial charge in [-0.15, -0.1) is 0 Å². The zero-order valence-corrected chi connectivity index (χ0v) is 14.4. The second kappa shape index (κ2) is 4.74. The fraction of sp³-hybridized carbons (Fsp3) is 0.706. The maximum absolute atomic E-state index is 12.6. The molecule has 3 aliphatic heterocycles. The molecule has 3 fully saturated rings. The highest BCUT2D eigenvalue weighted by Crippen LogP contribution is 2.53. The molecule has 3 heterocycles. The minimum atomic E-state index is -0.604. The zero-order chi connectivity index (χ0) is 17.4. The number of nitrogens with zero attached hydrogens (tertiary/aromatic N) is 2. The summed E-state index contributed by atoms with van der Waals surface area (Å²) in [7, 11) is 1.52. The van der Waals surface area contributed by atoms with Gasteiger partial charge in [0.2, 0.25) is 11.8 Å². The average Bonchev–Trinajstić information content (AvgIpc) is 2.97. The van der Waals surface area contributed by atoms with Crippen LogP contribution in [0.2, 0.25) is 0 Å². The van der Waals surface area contributed by atoms with Crippen molar-refractivity contribution in [2.24, 2.45) is 17.8 Å². The van der Waals surface area contributed by atoms with Crippen molar-refractivity contribution in [3.8, 4) is 0 Å². The Hall–Kier alpha value is -2.05. The fourth-order valence-electron chi connectivity index (χ4n) is 4.41. The third kappa shape index (κ3) is 1.93. The standard InChI is InChI=1S/C17H22N2O5/c1-17(2,3)24-16(22)19-7-9-12(19)11-10(8-5-6-23-13(8)9)14(20)18(4)15(11)21/h8,10-12H,5-7H2,1-4H3/t8-,10+,11+,12-/m0/s1.